The first-order valence-electron chi connectivity index (χ1n) is 17.3. The maximum Gasteiger partial charge on any atom is 0.305 e. The number of aromatic amines is 2. The van der Waals surface area contributed by atoms with Gasteiger partial charge in [-0.1, -0.05) is 25.3 Å². The number of nitrogens with zero attached hydrogens (tertiary/aromatic N) is 4. The van der Waals surface area contributed by atoms with Gasteiger partial charge in [-0.25, -0.2) is 15.0 Å². The van der Waals surface area contributed by atoms with Gasteiger partial charge in [-0.15, -0.1) is 0 Å². The molecule has 0 unspecified atom stereocenters. The molecule has 10 heteroatoms. The number of esters is 1. The van der Waals surface area contributed by atoms with Crippen molar-refractivity contribution in [2.45, 2.75) is 66.3 Å². The molecule has 0 spiro atoms. The fourth-order valence-electron chi connectivity index (χ4n) is 6.87. The van der Waals surface area contributed by atoms with Crippen LogP contribution in [0.4, 0.5) is 0 Å². The lowest BCUT2D eigenvalue weighted by Crippen LogP contribution is -2.24. The Bertz CT molecular complexity index is 2260. The number of carbonyl (C=O) groups is 2. The summed E-state index contributed by atoms with van der Waals surface area (Å²) in [5.74, 6) is -0.293. The maximum absolute atomic E-state index is 13.0. The topological polar surface area (TPSA) is 131 Å². The highest BCUT2D eigenvalue weighted by Crippen LogP contribution is 2.38. The van der Waals surface area contributed by atoms with Crippen molar-refractivity contribution >= 4 is 68.4 Å². The molecular weight excluding hydrogens is 638 g/mol. The van der Waals surface area contributed by atoms with Crippen LogP contribution in [0.2, 0.25) is 0 Å². The van der Waals surface area contributed by atoms with Crippen molar-refractivity contribution in [3.05, 3.63) is 101 Å². The Morgan fingerprint density at radius 1 is 0.804 bits per heavy atom. The Labute approximate surface area is 298 Å². The van der Waals surface area contributed by atoms with Gasteiger partial charge in [0.05, 0.1) is 36.2 Å². The number of imidazole rings is 1. The molecule has 6 rings (SSSR count). The Morgan fingerprint density at radius 3 is 1.94 bits per heavy atom. The van der Waals surface area contributed by atoms with E-state index in [0.29, 0.717) is 25.8 Å². The van der Waals surface area contributed by atoms with E-state index >= 15 is 0 Å². The van der Waals surface area contributed by atoms with Gasteiger partial charge in [0.1, 0.15) is 0 Å². The summed E-state index contributed by atoms with van der Waals surface area (Å²) < 4.78 is 6.98. The van der Waals surface area contributed by atoms with Crippen LogP contribution in [0, 0.1) is 13.8 Å². The molecule has 3 N–H and O–H groups in total. The second kappa shape index (κ2) is 15.0. The fourth-order valence-corrected chi connectivity index (χ4v) is 6.87. The number of rotatable bonds is 12. The summed E-state index contributed by atoms with van der Waals surface area (Å²) in [6, 6.07) is 8.22. The van der Waals surface area contributed by atoms with Crippen LogP contribution >= 0.6 is 0 Å². The van der Waals surface area contributed by atoms with Crippen molar-refractivity contribution in [2.24, 2.45) is 0 Å². The molecule has 0 fully saturated rings. The molecular formula is C41H45N7O3. The highest BCUT2D eigenvalue weighted by Gasteiger charge is 2.23. The number of nitrogens with one attached hydrogen (secondary N) is 3. The third kappa shape index (κ3) is 7.26. The molecule has 0 aliphatic carbocycles. The summed E-state index contributed by atoms with van der Waals surface area (Å²) in [7, 11) is 1.40. The molecule has 4 aromatic heterocycles. The first kappa shape index (κ1) is 35.1. The van der Waals surface area contributed by atoms with E-state index in [-0.39, 0.29) is 18.3 Å². The summed E-state index contributed by atoms with van der Waals surface area (Å²) in [4.78, 5) is 46.9. The van der Waals surface area contributed by atoms with Crippen molar-refractivity contribution in [1.29, 1.82) is 0 Å². The lowest BCUT2D eigenvalue weighted by molar-refractivity contribution is -0.140. The Kier molecular flexibility index (Phi) is 10.3. The molecule has 262 valence electrons. The predicted octanol–water partition coefficient (Wildman–Crippen LogP) is 8.22. The summed E-state index contributed by atoms with van der Waals surface area (Å²) in [5, 5.41) is 3.07. The van der Waals surface area contributed by atoms with Gasteiger partial charge in [-0.05, 0) is 105 Å². The van der Waals surface area contributed by atoms with Gasteiger partial charge in [0.2, 0.25) is 5.91 Å². The van der Waals surface area contributed by atoms with Crippen LogP contribution in [-0.2, 0) is 20.9 Å². The van der Waals surface area contributed by atoms with Gasteiger partial charge in [0, 0.05) is 71.5 Å². The molecule has 1 amide bonds. The molecule has 6 heterocycles. The molecule has 4 aromatic rings. The largest absolute Gasteiger partial charge is 0.469 e. The van der Waals surface area contributed by atoms with Gasteiger partial charge >= 0.3 is 5.97 Å². The zero-order valence-electron chi connectivity index (χ0n) is 30.1. The number of hydrogen-bond acceptors (Lipinski definition) is 6. The first-order valence-corrected chi connectivity index (χ1v) is 17.3. The van der Waals surface area contributed by atoms with Crippen molar-refractivity contribution in [3.63, 3.8) is 0 Å². The number of methoxy groups -OCH3 is 1. The number of amides is 1. The molecule has 0 aromatic carbocycles. The van der Waals surface area contributed by atoms with Crippen LogP contribution in [-0.4, -0.2) is 55.0 Å². The molecule has 0 saturated carbocycles. The summed E-state index contributed by atoms with van der Waals surface area (Å²) in [5.41, 5.74) is 14.9. The summed E-state index contributed by atoms with van der Waals surface area (Å²) >= 11 is 0. The first-order chi connectivity index (χ1) is 24.6. The molecule has 0 radical (unpaired) electrons. The molecule has 10 nitrogen and oxygen atoms in total. The van der Waals surface area contributed by atoms with Crippen LogP contribution in [0.3, 0.4) is 0 Å². The normalized spacial score (nSPS) is 12.7. The predicted molar refractivity (Wildman–Crippen MR) is 206 cm³/mol. The van der Waals surface area contributed by atoms with E-state index in [2.05, 4.69) is 66.3 Å². The number of aryl methyl sites for hydroxylation is 3. The van der Waals surface area contributed by atoms with Crippen LogP contribution in [0.15, 0.2) is 56.1 Å². The molecule has 0 saturated heterocycles. The standard InChI is InChI=1S/C41H45N7O3/c1-8-28-24(3)32-19-33-26(5)30(11-13-40(49)43-15-10-17-48-18-16-42-23-48)38(46-33)22-39-31(12-14-41(50)51-7)27(6)35(47-39)21-37-29(9-2)25(4)34(45-37)20-36(28)44-32/h8-9,16,18-23,44-45H,1-2,10-15,17H2,3-7H3,(H,43,49). The van der Waals surface area contributed by atoms with Gasteiger partial charge in [0.15, 0.2) is 0 Å². The molecule has 8 bridgehead atoms. The number of ether oxygens (including phenoxy) is 1. The van der Waals surface area contributed by atoms with Gasteiger partial charge < -0.3 is 24.6 Å². The van der Waals surface area contributed by atoms with Crippen LogP contribution in [0.1, 0.15) is 91.0 Å². The third-order valence-corrected chi connectivity index (χ3v) is 9.92. The second-order valence-electron chi connectivity index (χ2n) is 13.0. The number of carbonyl (C=O) groups excluding carboxylic acids is 2. The van der Waals surface area contributed by atoms with E-state index in [9.17, 15) is 9.59 Å². The SMILES string of the molecule is C=Cc1c(C)c2cc3[nH]c(cc4nc(cc5nc(cc1[nH]2)C(C)=C5CCC(=O)OC)C(CCC(=O)NCCCn1ccnc1)=C4C)c(C)c3C=C. The number of hydrogen-bond donors (Lipinski definition) is 3. The van der Waals surface area contributed by atoms with Gasteiger partial charge in [-0.2, -0.15) is 0 Å². The Morgan fingerprint density at radius 2 is 1.37 bits per heavy atom. The number of allylic oxidation sites excluding steroid dienone is 4. The van der Waals surface area contributed by atoms with Crippen LogP contribution in [0.25, 0.3) is 56.5 Å². The average molecular weight is 684 g/mol. The lowest BCUT2D eigenvalue weighted by Gasteiger charge is -2.08. The number of H-pyrrole nitrogens is 2. The van der Waals surface area contributed by atoms with E-state index in [4.69, 9.17) is 14.7 Å². The smallest absolute Gasteiger partial charge is 0.305 e. The Hall–Kier alpha value is -5.77. The van der Waals surface area contributed by atoms with Crippen molar-refractivity contribution in [1.82, 2.24) is 34.8 Å². The zero-order chi connectivity index (χ0) is 36.2. The number of aromatic nitrogens is 6. The Balaban J connectivity index is 1.49. The third-order valence-electron chi connectivity index (χ3n) is 9.92. The van der Waals surface area contributed by atoms with E-state index in [0.717, 1.165) is 102 Å². The van der Waals surface area contributed by atoms with Crippen LogP contribution in [0.5, 0.6) is 0 Å². The minimum atomic E-state index is -0.283. The minimum absolute atomic E-state index is 0.0106. The van der Waals surface area contributed by atoms with E-state index in [1.165, 1.54) is 7.11 Å². The fraction of sp³-hybridized carbons (Fsp3) is 0.293. The summed E-state index contributed by atoms with van der Waals surface area (Å²) in [6.07, 6.45) is 11.5. The van der Waals surface area contributed by atoms with E-state index in [1.807, 2.05) is 42.0 Å². The highest BCUT2D eigenvalue weighted by molar-refractivity contribution is 5.97. The number of fused-ring (bicyclic) bond motifs is 8. The van der Waals surface area contributed by atoms with Crippen LogP contribution < -0.4 is 5.32 Å². The molecule has 2 aliphatic rings. The summed E-state index contributed by atoms with van der Waals surface area (Å²) in [6.45, 7) is 17.8. The second-order valence-corrected chi connectivity index (χ2v) is 13.0. The average Bonchev–Trinajstić information content (AvgIpc) is 3.92. The lowest BCUT2D eigenvalue weighted by atomic mass is 9.98. The molecule has 0 atom stereocenters. The zero-order valence-corrected chi connectivity index (χ0v) is 30.1. The van der Waals surface area contributed by atoms with Gasteiger partial charge in [0.25, 0.3) is 0 Å². The molecule has 51 heavy (non-hydrogen) atoms. The monoisotopic (exact) mass is 683 g/mol. The quantitative estimate of drug-likeness (QED) is 0.102. The highest BCUT2D eigenvalue weighted by atomic mass is 16.5. The van der Waals surface area contributed by atoms with Crippen molar-refractivity contribution in [2.75, 3.05) is 13.7 Å². The van der Waals surface area contributed by atoms with Crippen molar-refractivity contribution in [3.8, 4) is 0 Å². The van der Waals surface area contributed by atoms with Gasteiger partial charge in [-0.3, -0.25) is 9.59 Å². The molecule has 2 aliphatic heterocycles. The minimum Gasteiger partial charge on any atom is -0.469 e. The van der Waals surface area contributed by atoms with E-state index < -0.39 is 0 Å². The van der Waals surface area contributed by atoms with Crippen molar-refractivity contribution < 1.29 is 14.3 Å². The van der Waals surface area contributed by atoms with E-state index in [1.54, 1.807) is 12.5 Å². The maximum atomic E-state index is 13.0.